The van der Waals surface area contributed by atoms with Crippen molar-refractivity contribution in [1.29, 1.82) is 0 Å². The summed E-state index contributed by atoms with van der Waals surface area (Å²) in [5.41, 5.74) is 0.783. The first-order valence-electron chi connectivity index (χ1n) is 6.33. The third-order valence-electron chi connectivity index (χ3n) is 2.94. The lowest BCUT2D eigenvalue weighted by Gasteiger charge is -2.06. The third-order valence-corrected chi connectivity index (χ3v) is 3.87. The molecule has 1 aromatic heterocycles. The lowest BCUT2D eigenvalue weighted by Crippen LogP contribution is -2.12. The minimum absolute atomic E-state index is 0.0459. The van der Waals surface area contributed by atoms with Gasteiger partial charge in [0, 0.05) is 18.8 Å². The maximum atomic E-state index is 11.1. The van der Waals surface area contributed by atoms with Crippen molar-refractivity contribution < 1.29 is 13.3 Å². The Kier molecular flexibility index (Phi) is 4.68. The molecule has 0 amide bonds. The van der Waals surface area contributed by atoms with E-state index in [0.717, 1.165) is 5.56 Å². The predicted molar refractivity (Wildman–Crippen MR) is 80.9 cm³/mol. The van der Waals surface area contributed by atoms with Crippen LogP contribution < -0.4 is 10.5 Å². The highest BCUT2D eigenvalue weighted by molar-refractivity contribution is 7.89. The van der Waals surface area contributed by atoms with Crippen LogP contribution in [0, 0.1) is 10.1 Å². The first-order valence-corrected chi connectivity index (χ1v) is 7.87. The van der Waals surface area contributed by atoms with Gasteiger partial charge in [-0.15, -0.1) is 0 Å². The highest BCUT2D eigenvalue weighted by Crippen LogP contribution is 2.20. The Labute approximate surface area is 127 Å². The molecule has 0 radical (unpaired) electrons. The van der Waals surface area contributed by atoms with Crippen LogP contribution in [0.4, 0.5) is 11.5 Å². The van der Waals surface area contributed by atoms with E-state index in [1.165, 1.54) is 30.5 Å². The molecule has 22 heavy (non-hydrogen) atoms. The fraction of sp³-hybridized carbons (Fsp3) is 0.154. The van der Waals surface area contributed by atoms with Gasteiger partial charge in [0.15, 0.2) is 0 Å². The van der Waals surface area contributed by atoms with Gasteiger partial charge in [0.25, 0.3) is 0 Å². The molecular weight excluding hydrogens is 308 g/mol. The number of nitro groups is 1. The van der Waals surface area contributed by atoms with Gasteiger partial charge < -0.3 is 5.32 Å². The summed E-state index contributed by atoms with van der Waals surface area (Å²) in [4.78, 5) is 14.3. The molecule has 0 bridgehead atoms. The van der Waals surface area contributed by atoms with Crippen molar-refractivity contribution in [2.75, 3.05) is 11.9 Å². The van der Waals surface area contributed by atoms with E-state index in [0.29, 0.717) is 13.0 Å². The number of hydrogen-bond donors (Lipinski definition) is 2. The van der Waals surface area contributed by atoms with E-state index in [1.807, 2.05) is 0 Å². The number of aromatic nitrogens is 1. The standard InChI is InChI=1S/C13H14N4O4S/c14-22(20,21)11-5-3-10(4-6-11)7-9-16-13-12(17(18)19)2-1-8-15-13/h1-6,8H,7,9H2,(H,15,16)(H2,14,20,21). The van der Waals surface area contributed by atoms with Gasteiger partial charge in [0.05, 0.1) is 9.82 Å². The summed E-state index contributed by atoms with van der Waals surface area (Å²) in [5, 5.41) is 18.8. The zero-order valence-electron chi connectivity index (χ0n) is 11.5. The van der Waals surface area contributed by atoms with E-state index in [2.05, 4.69) is 10.3 Å². The van der Waals surface area contributed by atoms with Crippen molar-refractivity contribution in [1.82, 2.24) is 4.98 Å². The molecule has 8 nitrogen and oxygen atoms in total. The number of anilines is 1. The van der Waals surface area contributed by atoms with Crippen molar-refractivity contribution in [3.8, 4) is 0 Å². The average Bonchev–Trinajstić information content (AvgIpc) is 2.47. The van der Waals surface area contributed by atoms with E-state index >= 15 is 0 Å². The first kappa shape index (κ1) is 15.9. The van der Waals surface area contributed by atoms with E-state index < -0.39 is 14.9 Å². The number of benzene rings is 1. The summed E-state index contributed by atoms with van der Waals surface area (Å²) in [7, 11) is -3.70. The Hall–Kier alpha value is -2.52. The maximum Gasteiger partial charge on any atom is 0.311 e. The topological polar surface area (TPSA) is 128 Å². The lowest BCUT2D eigenvalue weighted by atomic mass is 10.1. The second-order valence-electron chi connectivity index (χ2n) is 4.49. The van der Waals surface area contributed by atoms with E-state index in [9.17, 15) is 18.5 Å². The Morgan fingerprint density at radius 2 is 1.91 bits per heavy atom. The largest absolute Gasteiger partial charge is 0.364 e. The maximum absolute atomic E-state index is 11.1. The summed E-state index contributed by atoms with van der Waals surface area (Å²) in [6.45, 7) is 0.423. The second-order valence-corrected chi connectivity index (χ2v) is 6.06. The smallest absolute Gasteiger partial charge is 0.311 e. The van der Waals surface area contributed by atoms with Gasteiger partial charge in [0.1, 0.15) is 0 Å². The molecule has 0 atom stereocenters. The zero-order chi connectivity index (χ0) is 16.2. The fourth-order valence-corrected chi connectivity index (χ4v) is 2.37. The number of primary sulfonamides is 1. The Balaban J connectivity index is 1.99. The molecule has 0 aliphatic carbocycles. The zero-order valence-corrected chi connectivity index (χ0v) is 12.3. The van der Waals surface area contributed by atoms with Crippen molar-refractivity contribution in [3.63, 3.8) is 0 Å². The molecule has 0 spiro atoms. The fourth-order valence-electron chi connectivity index (χ4n) is 1.85. The first-order chi connectivity index (χ1) is 10.4. The van der Waals surface area contributed by atoms with Gasteiger partial charge in [0.2, 0.25) is 15.8 Å². The highest BCUT2D eigenvalue weighted by atomic mass is 32.2. The summed E-state index contributed by atoms with van der Waals surface area (Å²) in [6.07, 6.45) is 2.02. The van der Waals surface area contributed by atoms with Crippen LogP contribution in [0.15, 0.2) is 47.5 Å². The monoisotopic (exact) mass is 322 g/mol. The van der Waals surface area contributed by atoms with Crippen LogP contribution in [0.5, 0.6) is 0 Å². The Morgan fingerprint density at radius 3 is 2.50 bits per heavy atom. The normalized spacial score (nSPS) is 11.1. The van der Waals surface area contributed by atoms with Crippen molar-refractivity contribution >= 4 is 21.5 Å². The van der Waals surface area contributed by atoms with Gasteiger partial charge >= 0.3 is 5.69 Å². The molecule has 2 rings (SSSR count). The molecule has 3 N–H and O–H groups in total. The van der Waals surface area contributed by atoms with Gasteiger partial charge in [-0.05, 0) is 30.2 Å². The number of nitrogens with zero attached hydrogens (tertiary/aromatic N) is 2. The van der Waals surface area contributed by atoms with Crippen LogP contribution >= 0.6 is 0 Å². The highest BCUT2D eigenvalue weighted by Gasteiger charge is 2.13. The van der Waals surface area contributed by atoms with Crippen molar-refractivity contribution in [3.05, 3.63) is 58.3 Å². The van der Waals surface area contributed by atoms with Crippen LogP contribution in [0.3, 0.4) is 0 Å². The van der Waals surface area contributed by atoms with Crippen LogP contribution in [0.2, 0.25) is 0 Å². The van der Waals surface area contributed by atoms with Crippen LogP contribution in [-0.2, 0) is 16.4 Å². The Morgan fingerprint density at radius 1 is 1.23 bits per heavy atom. The van der Waals surface area contributed by atoms with Gasteiger partial charge in [-0.25, -0.2) is 18.5 Å². The van der Waals surface area contributed by atoms with Gasteiger partial charge in [-0.1, -0.05) is 12.1 Å². The van der Waals surface area contributed by atoms with E-state index in [1.54, 1.807) is 12.1 Å². The molecule has 1 heterocycles. The molecular formula is C13H14N4O4S. The quantitative estimate of drug-likeness (QED) is 0.609. The predicted octanol–water partition coefficient (Wildman–Crippen LogP) is 1.29. The van der Waals surface area contributed by atoms with Crippen molar-refractivity contribution in [2.45, 2.75) is 11.3 Å². The summed E-state index contributed by atoms with van der Waals surface area (Å²) >= 11 is 0. The van der Waals surface area contributed by atoms with Crippen LogP contribution in [0.1, 0.15) is 5.56 Å². The third kappa shape index (κ3) is 3.99. The average molecular weight is 322 g/mol. The number of sulfonamides is 1. The summed E-state index contributed by atoms with van der Waals surface area (Å²) in [5.74, 6) is 0.202. The van der Waals surface area contributed by atoms with Gasteiger partial charge in [-0.2, -0.15) is 0 Å². The van der Waals surface area contributed by atoms with E-state index in [-0.39, 0.29) is 16.4 Å². The second kappa shape index (κ2) is 6.50. The minimum atomic E-state index is -3.70. The molecule has 1 aromatic carbocycles. The number of nitrogens with one attached hydrogen (secondary N) is 1. The lowest BCUT2D eigenvalue weighted by molar-refractivity contribution is -0.384. The minimum Gasteiger partial charge on any atom is -0.364 e. The summed E-state index contributed by atoms with van der Waals surface area (Å²) in [6, 6.07) is 9.01. The van der Waals surface area contributed by atoms with Crippen molar-refractivity contribution in [2.24, 2.45) is 5.14 Å². The molecule has 0 aliphatic heterocycles. The Bertz CT molecular complexity index is 775. The molecule has 0 saturated heterocycles. The molecule has 116 valence electrons. The number of pyridine rings is 1. The molecule has 0 aliphatic rings. The number of nitrogens with two attached hydrogens (primary N) is 1. The molecule has 0 fully saturated rings. The molecule has 2 aromatic rings. The number of hydrogen-bond acceptors (Lipinski definition) is 6. The van der Waals surface area contributed by atoms with Gasteiger partial charge in [-0.3, -0.25) is 10.1 Å². The SMILES string of the molecule is NS(=O)(=O)c1ccc(CCNc2ncccc2[N+](=O)[O-])cc1. The van der Waals surface area contributed by atoms with Crippen LogP contribution in [-0.4, -0.2) is 24.9 Å². The molecule has 0 unspecified atom stereocenters. The number of rotatable bonds is 6. The molecule has 0 saturated carbocycles. The van der Waals surface area contributed by atoms with E-state index in [4.69, 9.17) is 5.14 Å². The molecule has 9 heteroatoms. The van der Waals surface area contributed by atoms with Crippen LogP contribution in [0.25, 0.3) is 0 Å². The summed E-state index contributed by atoms with van der Waals surface area (Å²) < 4.78 is 22.3.